The van der Waals surface area contributed by atoms with Crippen molar-refractivity contribution in [2.24, 2.45) is 0 Å². The lowest BCUT2D eigenvalue weighted by atomic mass is 10.2. The van der Waals surface area contributed by atoms with Crippen molar-refractivity contribution in [2.45, 2.75) is 0 Å². The second-order valence-electron chi connectivity index (χ2n) is 3.72. The lowest BCUT2D eigenvalue weighted by Crippen LogP contribution is -1.93. The van der Waals surface area contributed by atoms with E-state index in [2.05, 4.69) is 0 Å². The van der Waals surface area contributed by atoms with Gasteiger partial charge in [-0.05, 0) is 18.2 Å². The van der Waals surface area contributed by atoms with Crippen LogP contribution in [0.2, 0.25) is 10.0 Å². The van der Waals surface area contributed by atoms with Gasteiger partial charge in [-0.15, -0.1) is 0 Å². The molecule has 100 valence electrons. The molecule has 2 aromatic rings. The Morgan fingerprint density at radius 3 is 2.55 bits per heavy atom. The molecule has 0 fully saturated rings. The predicted molar refractivity (Wildman–Crippen MR) is 74.3 cm³/mol. The number of nitriles is 1. The minimum Gasteiger partial charge on any atom is -0.450 e. The van der Waals surface area contributed by atoms with E-state index in [0.717, 1.165) is 0 Å². The maximum Gasteiger partial charge on any atom is 0.311 e. The van der Waals surface area contributed by atoms with Crippen LogP contribution < -0.4 is 4.74 Å². The van der Waals surface area contributed by atoms with Crippen LogP contribution in [0.5, 0.6) is 11.5 Å². The molecule has 0 bridgehead atoms. The molecule has 0 N–H and O–H groups in total. The van der Waals surface area contributed by atoms with E-state index in [9.17, 15) is 10.1 Å². The minimum atomic E-state index is -0.573. The summed E-state index contributed by atoms with van der Waals surface area (Å²) in [4.78, 5) is 10.3. The Morgan fingerprint density at radius 1 is 1.20 bits per heavy atom. The van der Waals surface area contributed by atoms with Crippen LogP contribution in [0, 0.1) is 21.4 Å². The summed E-state index contributed by atoms with van der Waals surface area (Å²) in [5.41, 5.74) is 0.0782. The molecule has 2 aromatic carbocycles. The van der Waals surface area contributed by atoms with E-state index in [1.807, 2.05) is 6.07 Å². The van der Waals surface area contributed by atoms with E-state index in [1.165, 1.54) is 36.4 Å². The van der Waals surface area contributed by atoms with Crippen molar-refractivity contribution in [3.63, 3.8) is 0 Å². The normalized spacial score (nSPS) is 9.85. The highest BCUT2D eigenvalue weighted by atomic mass is 35.5. The summed E-state index contributed by atoms with van der Waals surface area (Å²) in [7, 11) is 0. The molecule has 7 heteroatoms. The lowest BCUT2D eigenvalue weighted by Gasteiger charge is -2.07. The number of ether oxygens (including phenoxy) is 1. The van der Waals surface area contributed by atoms with E-state index in [1.54, 1.807) is 0 Å². The van der Waals surface area contributed by atoms with Gasteiger partial charge in [0, 0.05) is 23.2 Å². The summed E-state index contributed by atoms with van der Waals surface area (Å²) >= 11 is 11.7. The zero-order valence-electron chi connectivity index (χ0n) is 9.84. The number of nitro benzene ring substituents is 1. The fraction of sp³-hybridized carbons (Fsp3) is 0. The van der Waals surface area contributed by atoms with Gasteiger partial charge in [0.2, 0.25) is 5.75 Å². The van der Waals surface area contributed by atoms with Crippen molar-refractivity contribution in [1.29, 1.82) is 5.26 Å². The molecule has 0 atom stereocenters. The third-order valence-electron chi connectivity index (χ3n) is 2.41. The zero-order valence-corrected chi connectivity index (χ0v) is 11.4. The van der Waals surface area contributed by atoms with Crippen LogP contribution in [-0.4, -0.2) is 4.92 Å². The Labute approximate surface area is 124 Å². The van der Waals surface area contributed by atoms with Crippen LogP contribution in [0.15, 0.2) is 36.4 Å². The second-order valence-corrected chi connectivity index (χ2v) is 4.57. The van der Waals surface area contributed by atoms with E-state index >= 15 is 0 Å². The number of benzene rings is 2. The SMILES string of the molecule is N#Cc1ccc(Oc2cc(Cl)ccc2[N+](=O)[O-])cc1Cl. The van der Waals surface area contributed by atoms with E-state index in [-0.39, 0.29) is 22.2 Å². The van der Waals surface area contributed by atoms with Crippen molar-refractivity contribution in [2.75, 3.05) is 0 Å². The Kier molecular flexibility index (Phi) is 4.08. The van der Waals surface area contributed by atoms with Crippen molar-refractivity contribution >= 4 is 28.9 Å². The van der Waals surface area contributed by atoms with Crippen LogP contribution in [0.25, 0.3) is 0 Å². The maximum absolute atomic E-state index is 10.9. The highest BCUT2D eigenvalue weighted by Crippen LogP contribution is 2.34. The first kappa shape index (κ1) is 14.1. The van der Waals surface area contributed by atoms with Gasteiger partial charge in [0.1, 0.15) is 11.8 Å². The van der Waals surface area contributed by atoms with Gasteiger partial charge in [-0.1, -0.05) is 23.2 Å². The van der Waals surface area contributed by atoms with Crippen LogP contribution in [0.3, 0.4) is 0 Å². The molecule has 0 saturated heterocycles. The highest BCUT2D eigenvalue weighted by molar-refractivity contribution is 6.32. The molecule has 20 heavy (non-hydrogen) atoms. The van der Waals surface area contributed by atoms with Gasteiger partial charge in [-0.2, -0.15) is 5.26 Å². The van der Waals surface area contributed by atoms with Gasteiger partial charge >= 0.3 is 5.69 Å². The number of rotatable bonds is 3. The first-order valence-electron chi connectivity index (χ1n) is 5.32. The number of nitro groups is 1. The third-order valence-corrected chi connectivity index (χ3v) is 2.96. The summed E-state index contributed by atoms with van der Waals surface area (Å²) in [6.07, 6.45) is 0. The summed E-state index contributed by atoms with van der Waals surface area (Å²) in [5.74, 6) is 0.280. The smallest absolute Gasteiger partial charge is 0.311 e. The third kappa shape index (κ3) is 2.99. The summed E-state index contributed by atoms with van der Waals surface area (Å²) in [6.45, 7) is 0. The van der Waals surface area contributed by atoms with Crippen LogP contribution in [-0.2, 0) is 0 Å². The number of hydrogen-bond acceptors (Lipinski definition) is 4. The fourth-order valence-electron chi connectivity index (χ4n) is 1.50. The van der Waals surface area contributed by atoms with Gasteiger partial charge in [0.05, 0.1) is 15.5 Å². The van der Waals surface area contributed by atoms with Gasteiger partial charge in [-0.25, -0.2) is 0 Å². The Bertz CT molecular complexity index is 726. The number of halogens is 2. The molecule has 0 aliphatic heterocycles. The van der Waals surface area contributed by atoms with E-state index in [4.69, 9.17) is 33.2 Å². The number of hydrogen-bond donors (Lipinski definition) is 0. The second kappa shape index (κ2) is 5.78. The zero-order chi connectivity index (χ0) is 14.7. The Morgan fingerprint density at radius 2 is 1.95 bits per heavy atom. The van der Waals surface area contributed by atoms with Gasteiger partial charge in [-0.3, -0.25) is 10.1 Å². The summed E-state index contributed by atoms with van der Waals surface area (Å²) in [6, 6.07) is 10.3. The topological polar surface area (TPSA) is 76.2 Å². The molecule has 0 unspecified atom stereocenters. The molecule has 0 saturated carbocycles. The number of nitrogens with zero attached hydrogens (tertiary/aromatic N) is 2. The standard InChI is InChI=1S/C13H6Cl2N2O3/c14-9-2-4-12(17(18)19)13(5-9)20-10-3-1-8(7-16)11(15)6-10/h1-6H. The van der Waals surface area contributed by atoms with Gasteiger partial charge < -0.3 is 4.74 Å². The quantitative estimate of drug-likeness (QED) is 0.615. The average molecular weight is 309 g/mol. The fourth-order valence-corrected chi connectivity index (χ4v) is 1.87. The monoisotopic (exact) mass is 308 g/mol. The van der Waals surface area contributed by atoms with Crippen molar-refractivity contribution in [3.05, 3.63) is 62.1 Å². The van der Waals surface area contributed by atoms with E-state index in [0.29, 0.717) is 10.6 Å². The van der Waals surface area contributed by atoms with Crippen LogP contribution >= 0.6 is 23.2 Å². The highest BCUT2D eigenvalue weighted by Gasteiger charge is 2.16. The molecule has 0 radical (unpaired) electrons. The Hall–Kier alpha value is -2.29. The molecule has 0 aromatic heterocycles. The molecular weight excluding hydrogens is 303 g/mol. The van der Waals surface area contributed by atoms with Crippen molar-refractivity contribution in [3.8, 4) is 17.6 Å². The summed E-state index contributed by atoms with van der Waals surface area (Å²) < 4.78 is 5.41. The molecule has 0 heterocycles. The largest absolute Gasteiger partial charge is 0.450 e. The Balaban J connectivity index is 2.39. The van der Waals surface area contributed by atoms with Crippen molar-refractivity contribution < 1.29 is 9.66 Å². The van der Waals surface area contributed by atoms with Crippen molar-refractivity contribution in [1.82, 2.24) is 0 Å². The lowest BCUT2D eigenvalue weighted by molar-refractivity contribution is -0.385. The first-order valence-corrected chi connectivity index (χ1v) is 6.08. The van der Waals surface area contributed by atoms with E-state index < -0.39 is 4.92 Å². The molecule has 0 aliphatic carbocycles. The minimum absolute atomic E-state index is 0.00303. The predicted octanol–water partition coefficient (Wildman–Crippen LogP) is 4.57. The van der Waals surface area contributed by atoms with Gasteiger partial charge in [0.25, 0.3) is 0 Å². The molecule has 2 rings (SSSR count). The molecular formula is C13H6Cl2N2O3. The first-order chi connectivity index (χ1) is 9.51. The molecule has 0 spiro atoms. The summed E-state index contributed by atoms with van der Waals surface area (Å²) in [5, 5.41) is 20.2. The molecule has 5 nitrogen and oxygen atoms in total. The van der Waals surface area contributed by atoms with Crippen LogP contribution in [0.4, 0.5) is 5.69 Å². The van der Waals surface area contributed by atoms with Crippen LogP contribution in [0.1, 0.15) is 5.56 Å². The molecule has 0 aliphatic rings. The van der Waals surface area contributed by atoms with Gasteiger partial charge in [0.15, 0.2) is 0 Å². The maximum atomic E-state index is 10.9. The average Bonchev–Trinajstić information content (AvgIpc) is 2.38. The molecule has 0 amide bonds.